The van der Waals surface area contributed by atoms with Gasteiger partial charge in [0.05, 0.1) is 17.4 Å². The fourth-order valence-corrected chi connectivity index (χ4v) is 1.99. The smallest absolute Gasteiger partial charge is 0.252 e. The number of primary amides is 1. The summed E-state index contributed by atoms with van der Waals surface area (Å²) in [5, 5.41) is 3.15. The van der Waals surface area contributed by atoms with Crippen molar-refractivity contribution in [1.82, 2.24) is 4.98 Å². The Morgan fingerprint density at radius 3 is 2.88 bits per heavy atom. The molecule has 1 fully saturated rings. The highest BCUT2D eigenvalue weighted by atomic mass is 16.1. The van der Waals surface area contributed by atoms with Crippen molar-refractivity contribution in [3.8, 4) is 0 Å². The van der Waals surface area contributed by atoms with E-state index in [0.717, 1.165) is 18.9 Å². The van der Waals surface area contributed by atoms with Crippen LogP contribution in [-0.4, -0.2) is 17.4 Å². The molecule has 0 saturated heterocycles. The van der Waals surface area contributed by atoms with E-state index in [4.69, 9.17) is 11.5 Å². The van der Waals surface area contributed by atoms with Crippen LogP contribution in [0.15, 0.2) is 12.3 Å². The minimum absolute atomic E-state index is 0.360. The van der Waals surface area contributed by atoms with Crippen LogP contribution in [0.1, 0.15) is 36.0 Å². The molecular weight excluding hydrogens is 216 g/mol. The molecule has 0 aliphatic heterocycles. The van der Waals surface area contributed by atoms with Gasteiger partial charge < -0.3 is 16.8 Å². The van der Waals surface area contributed by atoms with E-state index in [9.17, 15) is 4.79 Å². The van der Waals surface area contributed by atoms with Crippen molar-refractivity contribution in [2.45, 2.75) is 25.7 Å². The van der Waals surface area contributed by atoms with Crippen molar-refractivity contribution in [2.24, 2.45) is 11.7 Å². The molecule has 5 nitrogen and oxygen atoms in total. The average Bonchev–Trinajstić information content (AvgIpc) is 2.23. The maximum atomic E-state index is 11.2. The molecule has 0 atom stereocenters. The first-order chi connectivity index (χ1) is 8.16. The van der Waals surface area contributed by atoms with Gasteiger partial charge in [-0.25, -0.2) is 4.98 Å². The molecule has 0 bridgehead atoms. The van der Waals surface area contributed by atoms with E-state index in [-0.39, 0.29) is 0 Å². The van der Waals surface area contributed by atoms with Crippen LogP contribution < -0.4 is 16.8 Å². The molecule has 0 unspecified atom stereocenters. The van der Waals surface area contributed by atoms with Crippen molar-refractivity contribution >= 4 is 17.4 Å². The number of rotatable bonds is 5. The van der Waals surface area contributed by atoms with Crippen LogP contribution in [0.25, 0.3) is 0 Å². The molecule has 2 rings (SSSR count). The number of hydrogen-bond acceptors (Lipinski definition) is 4. The van der Waals surface area contributed by atoms with E-state index < -0.39 is 5.91 Å². The number of nitrogens with two attached hydrogens (primary N) is 2. The Balaban J connectivity index is 1.96. The number of pyridine rings is 1. The quantitative estimate of drug-likeness (QED) is 0.717. The molecule has 1 amide bonds. The van der Waals surface area contributed by atoms with Gasteiger partial charge in [-0.05, 0) is 18.4 Å². The van der Waals surface area contributed by atoms with Crippen LogP contribution >= 0.6 is 0 Å². The van der Waals surface area contributed by atoms with Crippen molar-refractivity contribution in [3.05, 3.63) is 17.8 Å². The summed E-state index contributed by atoms with van der Waals surface area (Å²) in [4.78, 5) is 15.3. The molecule has 5 N–H and O–H groups in total. The molecule has 0 aromatic carbocycles. The molecule has 1 aromatic heterocycles. The maximum Gasteiger partial charge on any atom is 0.252 e. The number of aromatic nitrogens is 1. The number of carbonyl (C=O) groups excluding carboxylic acids is 1. The molecular formula is C12H18N4O. The molecule has 17 heavy (non-hydrogen) atoms. The highest BCUT2D eigenvalue weighted by Gasteiger charge is 2.17. The Morgan fingerprint density at radius 1 is 1.53 bits per heavy atom. The van der Waals surface area contributed by atoms with E-state index in [2.05, 4.69) is 10.3 Å². The molecule has 1 aromatic rings. The standard InChI is InChI=1S/C12H18N4O/c13-9-6-10(11(14)17)12(16-7-9)15-5-4-8-2-1-3-8/h6-8H,1-5,13H2,(H2,14,17)(H,15,16). The third kappa shape index (κ3) is 2.87. The van der Waals surface area contributed by atoms with Gasteiger partial charge >= 0.3 is 0 Å². The van der Waals surface area contributed by atoms with E-state index >= 15 is 0 Å². The highest BCUT2D eigenvalue weighted by molar-refractivity contribution is 5.98. The maximum absolute atomic E-state index is 11.2. The van der Waals surface area contributed by atoms with E-state index in [1.807, 2.05) is 0 Å². The fourth-order valence-electron chi connectivity index (χ4n) is 1.99. The molecule has 92 valence electrons. The van der Waals surface area contributed by atoms with Gasteiger partial charge in [-0.2, -0.15) is 0 Å². The van der Waals surface area contributed by atoms with Crippen molar-refractivity contribution < 1.29 is 4.79 Å². The Morgan fingerprint density at radius 2 is 2.29 bits per heavy atom. The monoisotopic (exact) mass is 234 g/mol. The van der Waals surface area contributed by atoms with Gasteiger partial charge in [-0.1, -0.05) is 19.3 Å². The first kappa shape index (κ1) is 11.7. The molecule has 5 heteroatoms. The lowest BCUT2D eigenvalue weighted by Gasteiger charge is -2.25. The third-order valence-corrected chi connectivity index (χ3v) is 3.24. The number of anilines is 2. The summed E-state index contributed by atoms with van der Waals surface area (Å²) in [7, 11) is 0. The van der Waals surface area contributed by atoms with Gasteiger partial charge in [0.25, 0.3) is 5.91 Å². The number of hydrogen-bond donors (Lipinski definition) is 3. The predicted molar refractivity (Wildman–Crippen MR) is 67.6 cm³/mol. The average molecular weight is 234 g/mol. The zero-order valence-electron chi connectivity index (χ0n) is 9.78. The Labute approximate surface area is 101 Å². The van der Waals surface area contributed by atoms with Crippen molar-refractivity contribution in [1.29, 1.82) is 0 Å². The lowest BCUT2D eigenvalue weighted by Crippen LogP contribution is -2.19. The predicted octanol–water partition coefficient (Wildman–Crippen LogP) is 1.36. The summed E-state index contributed by atoms with van der Waals surface area (Å²) in [5.74, 6) is 0.857. The first-order valence-electron chi connectivity index (χ1n) is 5.96. The summed E-state index contributed by atoms with van der Waals surface area (Å²) in [6, 6.07) is 1.56. The summed E-state index contributed by atoms with van der Waals surface area (Å²) in [6.07, 6.45) is 6.62. The summed E-state index contributed by atoms with van der Waals surface area (Å²) in [6.45, 7) is 0.821. The number of nitrogens with zero attached hydrogens (tertiary/aromatic N) is 1. The van der Waals surface area contributed by atoms with Gasteiger partial charge in [0.15, 0.2) is 0 Å². The van der Waals surface area contributed by atoms with Crippen molar-refractivity contribution in [3.63, 3.8) is 0 Å². The minimum atomic E-state index is -0.504. The number of amides is 1. The van der Waals surface area contributed by atoms with Crippen LogP contribution in [-0.2, 0) is 0 Å². The lowest BCUT2D eigenvalue weighted by atomic mass is 9.83. The van der Waals surface area contributed by atoms with Gasteiger partial charge in [-0.3, -0.25) is 4.79 Å². The third-order valence-electron chi connectivity index (χ3n) is 3.24. The van der Waals surface area contributed by atoms with E-state index in [1.165, 1.54) is 25.5 Å². The number of nitrogens with one attached hydrogen (secondary N) is 1. The second-order valence-corrected chi connectivity index (χ2v) is 4.54. The van der Waals surface area contributed by atoms with E-state index in [1.54, 1.807) is 6.07 Å². The van der Waals surface area contributed by atoms with Crippen LogP contribution in [0.5, 0.6) is 0 Å². The van der Waals surface area contributed by atoms with Crippen LogP contribution in [0.4, 0.5) is 11.5 Å². The molecule has 1 saturated carbocycles. The summed E-state index contributed by atoms with van der Waals surface area (Å²) in [5.41, 5.74) is 11.7. The lowest BCUT2D eigenvalue weighted by molar-refractivity contribution is 0.100. The fraction of sp³-hybridized carbons (Fsp3) is 0.500. The number of nitrogen functional groups attached to an aromatic ring is 1. The van der Waals surface area contributed by atoms with Gasteiger partial charge in [-0.15, -0.1) is 0 Å². The zero-order chi connectivity index (χ0) is 12.3. The van der Waals surface area contributed by atoms with Crippen LogP contribution in [0, 0.1) is 5.92 Å². The Bertz CT molecular complexity index is 415. The van der Waals surface area contributed by atoms with Gasteiger partial charge in [0, 0.05) is 6.54 Å². The molecule has 1 aliphatic carbocycles. The molecule has 0 spiro atoms. The van der Waals surface area contributed by atoms with Crippen molar-refractivity contribution in [2.75, 3.05) is 17.6 Å². The molecule has 0 radical (unpaired) electrons. The molecule has 1 aliphatic rings. The first-order valence-corrected chi connectivity index (χ1v) is 5.96. The van der Waals surface area contributed by atoms with Crippen LogP contribution in [0.2, 0.25) is 0 Å². The SMILES string of the molecule is NC(=O)c1cc(N)cnc1NCCC1CCC1. The summed E-state index contributed by atoms with van der Waals surface area (Å²) < 4.78 is 0. The molecule has 1 heterocycles. The van der Waals surface area contributed by atoms with Gasteiger partial charge in [0.1, 0.15) is 5.82 Å². The topological polar surface area (TPSA) is 94.0 Å². The summed E-state index contributed by atoms with van der Waals surface area (Å²) >= 11 is 0. The largest absolute Gasteiger partial charge is 0.397 e. The number of carbonyl (C=O) groups is 1. The van der Waals surface area contributed by atoms with E-state index in [0.29, 0.717) is 17.1 Å². The Hall–Kier alpha value is -1.78. The Kier molecular flexibility index (Phi) is 3.46. The minimum Gasteiger partial charge on any atom is -0.397 e. The zero-order valence-corrected chi connectivity index (χ0v) is 9.78. The second kappa shape index (κ2) is 5.03. The normalized spacial score (nSPS) is 15.3. The second-order valence-electron chi connectivity index (χ2n) is 4.54. The van der Waals surface area contributed by atoms with Gasteiger partial charge in [0.2, 0.25) is 0 Å². The highest BCUT2D eigenvalue weighted by Crippen LogP contribution is 2.29. The van der Waals surface area contributed by atoms with Crippen LogP contribution in [0.3, 0.4) is 0 Å².